The summed E-state index contributed by atoms with van der Waals surface area (Å²) in [5.41, 5.74) is 0. The monoisotopic (exact) mass is 154 g/mol. The highest BCUT2D eigenvalue weighted by Gasteiger charge is 2.04. The molecule has 0 saturated carbocycles. The second-order valence-corrected chi connectivity index (χ2v) is 3.13. The Morgan fingerprint density at radius 3 is 2.60 bits per heavy atom. The third-order valence-electron chi connectivity index (χ3n) is 1.15. The average Bonchev–Trinajstić information content (AvgIpc) is 2.34. The SMILES string of the molecule is C=Cc1nc(C(C)C)ns1. The molecule has 2 nitrogen and oxygen atoms in total. The molecule has 1 rings (SSSR count). The van der Waals surface area contributed by atoms with Gasteiger partial charge in [0.2, 0.25) is 0 Å². The maximum Gasteiger partial charge on any atom is 0.145 e. The maximum atomic E-state index is 4.22. The van der Waals surface area contributed by atoms with Gasteiger partial charge in [0, 0.05) is 5.92 Å². The molecular formula is C7H10N2S. The fourth-order valence-electron chi connectivity index (χ4n) is 0.565. The molecule has 0 aromatic carbocycles. The zero-order valence-electron chi connectivity index (χ0n) is 6.16. The largest absolute Gasteiger partial charge is 0.220 e. The first-order valence-electron chi connectivity index (χ1n) is 3.20. The molecule has 0 fully saturated rings. The van der Waals surface area contributed by atoms with Crippen LogP contribution in [0.2, 0.25) is 0 Å². The summed E-state index contributed by atoms with van der Waals surface area (Å²) in [6.45, 7) is 7.77. The molecule has 0 radical (unpaired) electrons. The minimum Gasteiger partial charge on any atom is -0.220 e. The molecule has 0 unspecified atom stereocenters. The lowest BCUT2D eigenvalue weighted by Crippen LogP contribution is -1.88. The summed E-state index contributed by atoms with van der Waals surface area (Å²) < 4.78 is 4.15. The van der Waals surface area contributed by atoms with Crippen LogP contribution in [-0.4, -0.2) is 9.36 Å². The first-order valence-corrected chi connectivity index (χ1v) is 3.97. The van der Waals surface area contributed by atoms with Crippen LogP contribution >= 0.6 is 11.5 Å². The van der Waals surface area contributed by atoms with E-state index in [9.17, 15) is 0 Å². The molecular weight excluding hydrogens is 144 g/mol. The Balaban J connectivity index is 2.88. The van der Waals surface area contributed by atoms with Crippen molar-refractivity contribution in [2.75, 3.05) is 0 Å². The van der Waals surface area contributed by atoms with E-state index in [4.69, 9.17) is 0 Å². The Kier molecular flexibility index (Phi) is 2.17. The first-order chi connectivity index (χ1) is 4.74. The highest BCUT2D eigenvalue weighted by Crippen LogP contribution is 2.13. The summed E-state index contributed by atoms with van der Waals surface area (Å²) in [5, 5.41) is 0.906. The topological polar surface area (TPSA) is 25.8 Å². The van der Waals surface area contributed by atoms with Crippen molar-refractivity contribution in [3.8, 4) is 0 Å². The molecule has 0 aliphatic rings. The smallest absolute Gasteiger partial charge is 0.145 e. The van der Waals surface area contributed by atoms with Crippen LogP contribution < -0.4 is 0 Å². The maximum absolute atomic E-state index is 4.22. The lowest BCUT2D eigenvalue weighted by molar-refractivity contribution is 0.798. The molecule has 0 N–H and O–H groups in total. The Morgan fingerprint density at radius 2 is 2.30 bits per heavy atom. The van der Waals surface area contributed by atoms with Gasteiger partial charge in [0.05, 0.1) is 0 Å². The van der Waals surface area contributed by atoms with Gasteiger partial charge in [-0.15, -0.1) is 0 Å². The van der Waals surface area contributed by atoms with Crippen molar-refractivity contribution in [3.05, 3.63) is 17.4 Å². The highest BCUT2D eigenvalue weighted by molar-refractivity contribution is 7.06. The summed E-state index contributed by atoms with van der Waals surface area (Å²) in [4.78, 5) is 4.22. The summed E-state index contributed by atoms with van der Waals surface area (Å²) in [6.07, 6.45) is 1.73. The van der Waals surface area contributed by atoms with Gasteiger partial charge in [-0.2, -0.15) is 4.37 Å². The lowest BCUT2D eigenvalue weighted by atomic mass is 10.2. The third-order valence-corrected chi connectivity index (χ3v) is 1.87. The summed E-state index contributed by atoms with van der Waals surface area (Å²) in [5.74, 6) is 1.34. The summed E-state index contributed by atoms with van der Waals surface area (Å²) in [6, 6.07) is 0. The molecule has 0 atom stereocenters. The van der Waals surface area contributed by atoms with Gasteiger partial charge in [0.15, 0.2) is 0 Å². The van der Waals surface area contributed by atoms with Crippen molar-refractivity contribution in [1.82, 2.24) is 9.36 Å². The fraction of sp³-hybridized carbons (Fsp3) is 0.429. The van der Waals surface area contributed by atoms with Crippen LogP contribution in [0.25, 0.3) is 6.08 Å². The van der Waals surface area contributed by atoms with Crippen molar-refractivity contribution >= 4 is 17.6 Å². The lowest BCUT2D eigenvalue weighted by Gasteiger charge is -1.92. The molecule has 0 saturated heterocycles. The van der Waals surface area contributed by atoms with Crippen LogP contribution in [0.1, 0.15) is 30.6 Å². The van der Waals surface area contributed by atoms with E-state index < -0.39 is 0 Å². The van der Waals surface area contributed by atoms with Crippen LogP contribution in [0.15, 0.2) is 6.58 Å². The minimum absolute atomic E-state index is 0.421. The van der Waals surface area contributed by atoms with Gasteiger partial charge >= 0.3 is 0 Å². The van der Waals surface area contributed by atoms with Crippen molar-refractivity contribution in [3.63, 3.8) is 0 Å². The zero-order chi connectivity index (χ0) is 7.56. The summed E-state index contributed by atoms with van der Waals surface area (Å²) in [7, 11) is 0. The van der Waals surface area contributed by atoms with E-state index in [0.29, 0.717) is 5.92 Å². The number of hydrogen-bond donors (Lipinski definition) is 0. The van der Waals surface area contributed by atoms with Crippen LogP contribution in [0.3, 0.4) is 0 Å². The molecule has 3 heteroatoms. The number of aromatic nitrogens is 2. The number of hydrogen-bond acceptors (Lipinski definition) is 3. The van der Waals surface area contributed by atoms with Crippen molar-refractivity contribution < 1.29 is 0 Å². The quantitative estimate of drug-likeness (QED) is 0.653. The normalized spacial score (nSPS) is 10.3. The Labute approximate surface area is 64.8 Å². The molecule has 1 heterocycles. The van der Waals surface area contributed by atoms with Crippen LogP contribution in [0.4, 0.5) is 0 Å². The summed E-state index contributed by atoms with van der Waals surface area (Å²) >= 11 is 1.40. The second kappa shape index (κ2) is 2.92. The molecule has 0 spiro atoms. The molecule has 54 valence electrons. The molecule has 10 heavy (non-hydrogen) atoms. The second-order valence-electron chi connectivity index (χ2n) is 2.35. The molecule has 0 bridgehead atoms. The van der Waals surface area contributed by atoms with Crippen molar-refractivity contribution in [2.24, 2.45) is 0 Å². The average molecular weight is 154 g/mol. The van der Waals surface area contributed by atoms with E-state index >= 15 is 0 Å². The Morgan fingerprint density at radius 1 is 1.60 bits per heavy atom. The Hall–Kier alpha value is -0.700. The van der Waals surface area contributed by atoms with Crippen molar-refractivity contribution in [1.29, 1.82) is 0 Å². The van der Waals surface area contributed by atoms with Gasteiger partial charge < -0.3 is 0 Å². The number of rotatable bonds is 2. The van der Waals surface area contributed by atoms with Gasteiger partial charge in [-0.25, -0.2) is 4.98 Å². The molecule has 0 aliphatic carbocycles. The Bertz CT molecular complexity index is 227. The predicted molar refractivity (Wildman–Crippen MR) is 44.1 cm³/mol. The van der Waals surface area contributed by atoms with E-state index in [1.54, 1.807) is 6.08 Å². The van der Waals surface area contributed by atoms with Gasteiger partial charge in [0.25, 0.3) is 0 Å². The van der Waals surface area contributed by atoms with Crippen molar-refractivity contribution in [2.45, 2.75) is 19.8 Å². The fourth-order valence-corrected chi connectivity index (χ4v) is 1.21. The van der Waals surface area contributed by atoms with Crippen LogP contribution in [-0.2, 0) is 0 Å². The minimum atomic E-state index is 0.421. The van der Waals surface area contributed by atoms with E-state index in [1.807, 2.05) is 0 Å². The van der Waals surface area contributed by atoms with Crippen LogP contribution in [0.5, 0.6) is 0 Å². The molecule has 0 amide bonds. The molecule has 1 aromatic rings. The zero-order valence-corrected chi connectivity index (χ0v) is 6.98. The van der Waals surface area contributed by atoms with E-state index in [0.717, 1.165) is 10.8 Å². The number of nitrogens with zero attached hydrogens (tertiary/aromatic N) is 2. The molecule has 0 aliphatic heterocycles. The van der Waals surface area contributed by atoms with E-state index in [2.05, 4.69) is 29.8 Å². The standard InChI is InChI=1S/C7H10N2S/c1-4-6-8-7(5(2)3)9-10-6/h4-5H,1H2,2-3H3. The van der Waals surface area contributed by atoms with Gasteiger partial charge in [-0.3, -0.25) is 0 Å². The van der Waals surface area contributed by atoms with Gasteiger partial charge in [-0.1, -0.05) is 20.4 Å². The highest BCUT2D eigenvalue weighted by atomic mass is 32.1. The first kappa shape index (κ1) is 7.41. The van der Waals surface area contributed by atoms with Crippen LogP contribution in [0, 0.1) is 0 Å². The third kappa shape index (κ3) is 1.42. The van der Waals surface area contributed by atoms with E-state index in [-0.39, 0.29) is 0 Å². The van der Waals surface area contributed by atoms with Gasteiger partial charge in [-0.05, 0) is 17.6 Å². The molecule has 1 aromatic heterocycles. The van der Waals surface area contributed by atoms with Gasteiger partial charge in [0.1, 0.15) is 10.8 Å². The van der Waals surface area contributed by atoms with E-state index in [1.165, 1.54) is 11.5 Å². The predicted octanol–water partition coefficient (Wildman–Crippen LogP) is 2.30.